The number of amides is 1. The first-order valence-electron chi connectivity index (χ1n) is 10.8. The summed E-state index contributed by atoms with van der Waals surface area (Å²) in [5.41, 5.74) is 3.94. The maximum Gasteiger partial charge on any atom is 0.475 e. The largest absolute Gasteiger partial charge is 0.497 e. The number of nitrogens with one attached hydrogen (secondary N) is 1. The molecule has 168 valence electrons. The van der Waals surface area contributed by atoms with E-state index in [1.807, 2.05) is 36.4 Å². The predicted molar refractivity (Wildman–Crippen MR) is 123 cm³/mol. The zero-order valence-corrected chi connectivity index (χ0v) is 18.4. The minimum absolute atomic E-state index is 0.153. The molecule has 1 amide bonds. The predicted octanol–water partition coefficient (Wildman–Crippen LogP) is 2.04. The molecule has 0 aliphatic carbocycles. The summed E-state index contributed by atoms with van der Waals surface area (Å²) in [6, 6.07) is 15.7. The van der Waals surface area contributed by atoms with E-state index in [4.69, 9.17) is 4.74 Å². The number of methoxy groups -OCH3 is 1. The fourth-order valence-electron chi connectivity index (χ4n) is 3.42. The van der Waals surface area contributed by atoms with Gasteiger partial charge >= 0.3 is 7.12 Å². The van der Waals surface area contributed by atoms with Gasteiger partial charge in [-0.25, -0.2) is 0 Å². The lowest BCUT2D eigenvalue weighted by Crippen LogP contribution is -2.46. The van der Waals surface area contributed by atoms with Crippen LogP contribution in [0.5, 0.6) is 5.75 Å². The van der Waals surface area contributed by atoms with Crippen molar-refractivity contribution in [1.82, 2.24) is 20.3 Å². The van der Waals surface area contributed by atoms with Gasteiger partial charge in [-0.3, -0.25) is 9.48 Å². The van der Waals surface area contributed by atoms with Crippen molar-refractivity contribution in [2.75, 3.05) is 7.11 Å². The average Bonchev–Trinajstić information content (AvgIpc) is 3.29. The Balaban J connectivity index is 1.50. The molecule has 3 N–H and O–H groups in total. The summed E-state index contributed by atoms with van der Waals surface area (Å²) in [5, 5.41) is 30.3. The number of hydrogen-bond acceptors (Lipinski definition) is 6. The van der Waals surface area contributed by atoms with Gasteiger partial charge in [-0.05, 0) is 54.7 Å². The Morgan fingerprint density at radius 1 is 1.19 bits per heavy atom. The number of ether oxygens (including phenoxy) is 1. The van der Waals surface area contributed by atoms with Gasteiger partial charge < -0.3 is 20.1 Å². The van der Waals surface area contributed by atoms with Gasteiger partial charge in [-0.2, -0.15) is 0 Å². The number of carbonyl (C=O) groups excluding carboxylic acids is 1. The van der Waals surface area contributed by atoms with E-state index in [1.54, 1.807) is 18.0 Å². The van der Waals surface area contributed by atoms with Gasteiger partial charge in [0.15, 0.2) is 0 Å². The number of aryl methyl sites for hydroxylation is 3. The first kappa shape index (κ1) is 23.5. The van der Waals surface area contributed by atoms with Crippen molar-refractivity contribution >= 4 is 13.0 Å². The third-order valence-electron chi connectivity index (χ3n) is 5.34. The smallest absolute Gasteiger partial charge is 0.475 e. The molecule has 3 rings (SSSR count). The van der Waals surface area contributed by atoms with Crippen LogP contribution in [0, 0.1) is 0 Å². The van der Waals surface area contributed by atoms with Gasteiger partial charge in [0.2, 0.25) is 5.91 Å². The van der Waals surface area contributed by atoms with Gasteiger partial charge in [0.05, 0.1) is 25.8 Å². The van der Waals surface area contributed by atoms with E-state index in [-0.39, 0.29) is 12.3 Å². The van der Waals surface area contributed by atoms with Crippen LogP contribution in [0.15, 0.2) is 54.7 Å². The molecule has 0 aliphatic heterocycles. The standard InChI is InChI=1S/C23H29BN4O4/c1-3-17-5-4-6-18(15-17)7-12-22(24(30)31)25-23(29)13-14-28-16-21(26-27-28)19-8-10-20(32-2)11-9-19/h4-6,8-11,15-16,22,30-31H,3,7,12-14H2,1-2H3,(H,25,29)/t22-/m0/s1. The number of carbonyl (C=O) groups is 1. The SMILES string of the molecule is CCc1cccc(CC[C@H](NC(=O)CCn2cc(-c3ccc(OC)cc3)nn2)B(O)O)c1. The number of rotatable bonds is 11. The molecule has 0 fully saturated rings. The molecule has 0 aliphatic rings. The van der Waals surface area contributed by atoms with Crippen LogP contribution in [0.4, 0.5) is 0 Å². The van der Waals surface area contributed by atoms with E-state index in [0.717, 1.165) is 23.3 Å². The van der Waals surface area contributed by atoms with Crippen molar-refractivity contribution in [1.29, 1.82) is 0 Å². The molecule has 0 bridgehead atoms. The summed E-state index contributed by atoms with van der Waals surface area (Å²) < 4.78 is 6.75. The van der Waals surface area contributed by atoms with Crippen LogP contribution in [0.2, 0.25) is 0 Å². The lowest BCUT2D eigenvalue weighted by atomic mass is 9.76. The number of benzene rings is 2. The highest BCUT2D eigenvalue weighted by atomic mass is 16.5. The molecular weight excluding hydrogens is 407 g/mol. The van der Waals surface area contributed by atoms with Gasteiger partial charge in [-0.15, -0.1) is 5.10 Å². The Kier molecular flexibility index (Phi) is 8.41. The fraction of sp³-hybridized carbons (Fsp3) is 0.348. The molecule has 8 nitrogen and oxygen atoms in total. The van der Waals surface area contributed by atoms with Gasteiger partial charge in [-0.1, -0.05) is 36.4 Å². The molecule has 0 unspecified atom stereocenters. The second-order valence-corrected chi connectivity index (χ2v) is 7.65. The van der Waals surface area contributed by atoms with Crippen LogP contribution in [0.3, 0.4) is 0 Å². The third-order valence-corrected chi connectivity index (χ3v) is 5.34. The zero-order valence-electron chi connectivity index (χ0n) is 18.4. The Hall–Kier alpha value is -3.17. The van der Waals surface area contributed by atoms with E-state index >= 15 is 0 Å². The topological polar surface area (TPSA) is 110 Å². The Morgan fingerprint density at radius 3 is 2.62 bits per heavy atom. The van der Waals surface area contributed by atoms with Crippen molar-refractivity contribution in [3.8, 4) is 17.0 Å². The summed E-state index contributed by atoms with van der Waals surface area (Å²) in [6.07, 6.45) is 3.94. The molecule has 1 atom stereocenters. The van der Waals surface area contributed by atoms with Crippen LogP contribution in [-0.4, -0.2) is 51.1 Å². The van der Waals surface area contributed by atoms with Gasteiger partial charge in [0.25, 0.3) is 0 Å². The van der Waals surface area contributed by atoms with E-state index in [0.29, 0.717) is 25.1 Å². The maximum atomic E-state index is 12.4. The van der Waals surface area contributed by atoms with Crippen LogP contribution in [0.1, 0.15) is 30.9 Å². The maximum absolute atomic E-state index is 12.4. The van der Waals surface area contributed by atoms with Crippen LogP contribution < -0.4 is 10.1 Å². The second kappa shape index (κ2) is 11.5. The van der Waals surface area contributed by atoms with Crippen molar-refractivity contribution in [2.24, 2.45) is 0 Å². The highest BCUT2D eigenvalue weighted by Crippen LogP contribution is 2.20. The first-order chi connectivity index (χ1) is 15.5. The molecule has 3 aromatic rings. The van der Waals surface area contributed by atoms with E-state index in [9.17, 15) is 14.8 Å². The molecule has 9 heteroatoms. The molecule has 1 aromatic heterocycles. The van der Waals surface area contributed by atoms with E-state index in [2.05, 4.69) is 34.7 Å². The summed E-state index contributed by atoms with van der Waals surface area (Å²) >= 11 is 0. The lowest BCUT2D eigenvalue weighted by molar-refractivity contribution is -0.121. The third kappa shape index (κ3) is 6.67. The van der Waals surface area contributed by atoms with Crippen LogP contribution in [0.25, 0.3) is 11.3 Å². The highest BCUT2D eigenvalue weighted by molar-refractivity contribution is 6.43. The van der Waals surface area contributed by atoms with E-state index < -0.39 is 13.1 Å². The first-order valence-corrected chi connectivity index (χ1v) is 10.8. The molecule has 32 heavy (non-hydrogen) atoms. The quantitative estimate of drug-likeness (QED) is 0.397. The monoisotopic (exact) mass is 436 g/mol. The number of hydrogen-bond donors (Lipinski definition) is 3. The molecule has 0 radical (unpaired) electrons. The summed E-state index contributed by atoms with van der Waals surface area (Å²) in [6.45, 7) is 2.43. The number of nitrogens with zero attached hydrogens (tertiary/aromatic N) is 3. The van der Waals surface area contributed by atoms with Crippen molar-refractivity contribution < 1.29 is 19.6 Å². The van der Waals surface area contributed by atoms with Crippen molar-refractivity contribution in [3.05, 3.63) is 65.9 Å². The zero-order chi connectivity index (χ0) is 22.9. The molecule has 0 saturated heterocycles. The summed E-state index contributed by atoms with van der Waals surface area (Å²) in [7, 11) is -0.0121. The van der Waals surface area contributed by atoms with E-state index in [1.165, 1.54) is 5.56 Å². The summed E-state index contributed by atoms with van der Waals surface area (Å²) in [5.74, 6) is -0.248. The van der Waals surface area contributed by atoms with Gasteiger partial charge in [0.1, 0.15) is 11.4 Å². The Bertz CT molecular complexity index is 1010. The Morgan fingerprint density at radius 2 is 1.94 bits per heavy atom. The lowest BCUT2D eigenvalue weighted by Gasteiger charge is -2.18. The normalized spacial score (nSPS) is 11.8. The van der Waals surface area contributed by atoms with Crippen LogP contribution >= 0.6 is 0 Å². The Labute approximate surface area is 188 Å². The van der Waals surface area contributed by atoms with Gasteiger partial charge in [0, 0.05) is 12.0 Å². The minimum Gasteiger partial charge on any atom is -0.497 e. The summed E-state index contributed by atoms with van der Waals surface area (Å²) in [4.78, 5) is 12.4. The number of aromatic nitrogens is 3. The molecule has 1 heterocycles. The van der Waals surface area contributed by atoms with Crippen LogP contribution in [-0.2, 0) is 24.2 Å². The average molecular weight is 436 g/mol. The minimum atomic E-state index is -1.62. The highest BCUT2D eigenvalue weighted by Gasteiger charge is 2.25. The van der Waals surface area contributed by atoms with Crippen molar-refractivity contribution in [3.63, 3.8) is 0 Å². The molecule has 0 spiro atoms. The molecular formula is C23H29BN4O4. The molecule has 2 aromatic carbocycles. The second-order valence-electron chi connectivity index (χ2n) is 7.65. The van der Waals surface area contributed by atoms with Crippen molar-refractivity contribution in [2.45, 2.75) is 45.1 Å². The fourth-order valence-corrected chi connectivity index (χ4v) is 3.42. The molecule has 0 saturated carbocycles.